The van der Waals surface area contributed by atoms with Crippen molar-refractivity contribution in [1.29, 1.82) is 0 Å². The topological polar surface area (TPSA) is 74.6 Å². The molecule has 0 radical (unpaired) electrons. The molecular weight excluding hydrogens is 325 g/mol. The van der Waals surface area contributed by atoms with E-state index in [4.69, 9.17) is 0 Å². The van der Waals surface area contributed by atoms with Crippen LogP contribution in [0, 0.1) is 5.82 Å². The van der Waals surface area contributed by atoms with Crippen LogP contribution in [0.3, 0.4) is 0 Å². The Bertz CT molecular complexity index is 861. The summed E-state index contributed by atoms with van der Waals surface area (Å²) in [6.45, 7) is 3.02. The van der Waals surface area contributed by atoms with E-state index in [9.17, 15) is 19.1 Å². The summed E-state index contributed by atoms with van der Waals surface area (Å²) in [6, 6.07) is 5.67. The minimum absolute atomic E-state index is 0.00501. The van der Waals surface area contributed by atoms with Gasteiger partial charge in [-0.15, -0.1) is 0 Å². The third-order valence-corrected chi connectivity index (χ3v) is 4.57. The number of nitrogens with one attached hydrogen (secondary N) is 1. The first-order chi connectivity index (χ1) is 11.9. The Labute approximate surface area is 144 Å². The van der Waals surface area contributed by atoms with E-state index in [1.807, 2.05) is 6.92 Å². The molecule has 2 aromatic rings. The number of fused-ring (bicyclic) bond motifs is 1. The Hall–Kier alpha value is -2.67. The number of hydrogen-bond acceptors (Lipinski definition) is 4. The van der Waals surface area contributed by atoms with Gasteiger partial charge in [0.05, 0.1) is 0 Å². The number of amides is 1. The van der Waals surface area contributed by atoms with Gasteiger partial charge in [0.1, 0.15) is 5.82 Å². The number of benzene rings is 1. The zero-order chi connectivity index (χ0) is 18.1. The van der Waals surface area contributed by atoms with Gasteiger partial charge in [0.25, 0.3) is 5.91 Å². The average Bonchev–Trinajstić information content (AvgIpc) is 2.61. The predicted octanol–water partition coefficient (Wildman–Crippen LogP) is 1.63. The SMILES string of the molecule is CNC(C)c1cn2c(c(O)c1=O)C(=O)N(Cc1ccc(F)cc1)CC2. The third-order valence-electron chi connectivity index (χ3n) is 4.57. The Morgan fingerprint density at radius 3 is 2.56 bits per heavy atom. The fraction of sp³-hybridized carbons (Fsp3) is 0.333. The highest BCUT2D eigenvalue weighted by atomic mass is 19.1. The zero-order valence-corrected chi connectivity index (χ0v) is 14.1. The number of carbonyl (C=O) groups is 1. The van der Waals surface area contributed by atoms with Crippen molar-refractivity contribution >= 4 is 5.91 Å². The summed E-state index contributed by atoms with van der Waals surface area (Å²) >= 11 is 0. The molecular formula is C18H20FN3O3. The standard InChI is InChI=1S/C18H20FN3O3/c1-11(20-2)14-10-21-7-8-22(9-12-3-5-13(19)6-4-12)18(25)15(21)17(24)16(14)23/h3-6,10-11,20,24H,7-9H2,1-2H3. The van der Waals surface area contributed by atoms with Crippen molar-refractivity contribution in [3.63, 3.8) is 0 Å². The molecule has 0 saturated carbocycles. The molecule has 7 heteroatoms. The fourth-order valence-electron chi connectivity index (χ4n) is 2.98. The average molecular weight is 345 g/mol. The summed E-state index contributed by atoms with van der Waals surface area (Å²) in [5, 5.41) is 13.3. The van der Waals surface area contributed by atoms with Crippen LogP contribution in [0.25, 0.3) is 0 Å². The van der Waals surface area contributed by atoms with Crippen molar-refractivity contribution in [1.82, 2.24) is 14.8 Å². The Morgan fingerprint density at radius 1 is 1.24 bits per heavy atom. The van der Waals surface area contributed by atoms with Crippen molar-refractivity contribution in [2.45, 2.75) is 26.1 Å². The number of nitrogens with zero attached hydrogens (tertiary/aromatic N) is 2. The van der Waals surface area contributed by atoms with Crippen molar-refractivity contribution in [2.24, 2.45) is 0 Å². The second kappa shape index (κ2) is 6.68. The lowest BCUT2D eigenvalue weighted by molar-refractivity contribution is 0.0683. The number of pyridine rings is 1. The van der Waals surface area contributed by atoms with Gasteiger partial charge in [0.15, 0.2) is 11.4 Å². The molecule has 1 amide bonds. The van der Waals surface area contributed by atoms with Crippen LogP contribution >= 0.6 is 0 Å². The molecule has 1 aromatic carbocycles. The summed E-state index contributed by atoms with van der Waals surface area (Å²) in [6.07, 6.45) is 1.63. The van der Waals surface area contributed by atoms with Gasteiger partial charge < -0.3 is 19.9 Å². The Balaban J connectivity index is 1.93. The summed E-state index contributed by atoms with van der Waals surface area (Å²) in [7, 11) is 1.72. The van der Waals surface area contributed by atoms with Crippen LogP contribution in [-0.4, -0.2) is 34.1 Å². The van der Waals surface area contributed by atoms with Crippen LogP contribution in [-0.2, 0) is 13.1 Å². The number of carbonyl (C=O) groups excluding carboxylic acids is 1. The monoisotopic (exact) mass is 345 g/mol. The van der Waals surface area contributed by atoms with Crippen LogP contribution in [0.15, 0.2) is 35.3 Å². The van der Waals surface area contributed by atoms with Crippen LogP contribution in [0.1, 0.15) is 34.6 Å². The lowest BCUT2D eigenvalue weighted by Gasteiger charge is -2.31. The lowest BCUT2D eigenvalue weighted by Crippen LogP contribution is -2.41. The molecule has 1 aromatic heterocycles. The molecule has 0 aliphatic carbocycles. The first-order valence-corrected chi connectivity index (χ1v) is 8.09. The summed E-state index contributed by atoms with van der Waals surface area (Å²) < 4.78 is 14.6. The summed E-state index contributed by atoms with van der Waals surface area (Å²) in [5.41, 5.74) is 0.671. The van der Waals surface area contributed by atoms with Crippen LogP contribution in [0.2, 0.25) is 0 Å². The first kappa shape index (κ1) is 17.2. The molecule has 1 aliphatic heterocycles. The minimum Gasteiger partial charge on any atom is -0.503 e. The maximum atomic E-state index is 13.0. The van der Waals surface area contributed by atoms with Crippen molar-refractivity contribution in [3.8, 4) is 5.75 Å². The summed E-state index contributed by atoms with van der Waals surface area (Å²) in [4.78, 5) is 26.6. The second-order valence-electron chi connectivity index (χ2n) is 6.17. The molecule has 1 aliphatic rings. The second-order valence-corrected chi connectivity index (χ2v) is 6.17. The van der Waals surface area contributed by atoms with E-state index in [-0.39, 0.29) is 17.6 Å². The van der Waals surface area contributed by atoms with E-state index in [0.29, 0.717) is 25.2 Å². The molecule has 0 bridgehead atoms. The van der Waals surface area contributed by atoms with Crippen LogP contribution in [0.4, 0.5) is 4.39 Å². The summed E-state index contributed by atoms with van der Waals surface area (Å²) in [5.74, 6) is -1.27. The predicted molar refractivity (Wildman–Crippen MR) is 91.0 cm³/mol. The number of rotatable bonds is 4. The van der Waals surface area contributed by atoms with Crippen LogP contribution < -0.4 is 10.7 Å². The first-order valence-electron chi connectivity index (χ1n) is 8.09. The lowest BCUT2D eigenvalue weighted by atomic mass is 10.1. The number of halogens is 1. The highest BCUT2D eigenvalue weighted by Gasteiger charge is 2.30. The van der Waals surface area contributed by atoms with Gasteiger partial charge in [-0.1, -0.05) is 12.1 Å². The van der Waals surface area contributed by atoms with E-state index in [1.165, 1.54) is 12.1 Å². The molecule has 25 heavy (non-hydrogen) atoms. The van der Waals surface area contributed by atoms with Crippen molar-refractivity contribution in [2.75, 3.05) is 13.6 Å². The van der Waals surface area contributed by atoms with E-state index < -0.39 is 17.1 Å². The van der Waals surface area contributed by atoms with Gasteiger partial charge in [-0.05, 0) is 31.7 Å². The zero-order valence-electron chi connectivity index (χ0n) is 14.1. The fourth-order valence-corrected chi connectivity index (χ4v) is 2.98. The molecule has 132 valence electrons. The van der Waals surface area contributed by atoms with Gasteiger partial charge in [-0.3, -0.25) is 9.59 Å². The Morgan fingerprint density at radius 2 is 1.92 bits per heavy atom. The molecule has 1 atom stereocenters. The molecule has 0 fully saturated rings. The number of hydrogen-bond donors (Lipinski definition) is 2. The molecule has 6 nitrogen and oxygen atoms in total. The maximum Gasteiger partial charge on any atom is 0.274 e. The number of aromatic hydroxyl groups is 1. The Kier molecular flexibility index (Phi) is 4.59. The number of aromatic nitrogens is 1. The normalized spacial score (nSPS) is 15.2. The van der Waals surface area contributed by atoms with Gasteiger partial charge in [-0.25, -0.2) is 4.39 Å². The van der Waals surface area contributed by atoms with Gasteiger partial charge >= 0.3 is 0 Å². The molecule has 1 unspecified atom stereocenters. The quantitative estimate of drug-likeness (QED) is 0.883. The van der Waals surface area contributed by atoms with Crippen molar-refractivity contribution in [3.05, 3.63) is 63.3 Å². The molecule has 3 rings (SSSR count). The molecule has 0 spiro atoms. The maximum absolute atomic E-state index is 13.0. The highest BCUT2D eigenvalue weighted by Crippen LogP contribution is 2.23. The van der Waals surface area contributed by atoms with Gasteiger partial charge in [0.2, 0.25) is 5.43 Å². The third kappa shape index (κ3) is 3.15. The molecule has 2 N–H and O–H groups in total. The van der Waals surface area contributed by atoms with Crippen LogP contribution in [0.5, 0.6) is 5.75 Å². The van der Waals surface area contributed by atoms with E-state index in [1.54, 1.807) is 34.8 Å². The molecule has 2 heterocycles. The molecule has 0 saturated heterocycles. The highest BCUT2D eigenvalue weighted by molar-refractivity contribution is 5.95. The van der Waals surface area contributed by atoms with Crippen molar-refractivity contribution < 1.29 is 14.3 Å². The minimum atomic E-state index is -0.537. The van der Waals surface area contributed by atoms with E-state index in [0.717, 1.165) is 5.56 Å². The van der Waals surface area contributed by atoms with E-state index in [2.05, 4.69) is 5.32 Å². The van der Waals surface area contributed by atoms with Gasteiger partial charge in [-0.2, -0.15) is 0 Å². The largest absolute Gasteiger partial charge is 0.503 e. The van der Waals surface area contributed by atoms with Gasteiger partial charge in [0, 0.05) is 37.4 Å². The van der Waals surface area contributed by atoms with E-state index >= 15 is 0 Å². The smallest absolute Gasteiger partial charge is 0.274 e.